The summed E-state index contributed by atoms with van der Waals surface area (Å²) in [5.41, 5.74) is -0.434. The smallest absolute Gasteiger partial charge is 0.106 e. The van der Waals surface area contributed by atoms with Crippen molar-refractivity contribution >= 4 is 0 Å². The van der Waals surface area contributed by atoms with Crippen LogP contribution in [0.1, 0.15) is 59.3 Å². The first-order valence-corrected chi connectivity index (χ1v) is 7.37. The van der Waals surface area contributed by atoms with Crippen LogP contribution in [-0.4, -0.2) is 24.8 Å². The largest absolute Gasteiger partial charge is 0.378 e. The molecule has 1 aliphatic rings. The van der Waals surface area contributed by atoms with Crippen LogP contribution in [-0.2, 0) is 4.74 Å². The van der Waals surface area contributed by atoms with Gasteiger partial charge in [0.1, 0.15) is 5.54 Å². The minimum atomic E-state index is -0.434. The van der Waals surface area contributed by atoms with Crippen molar-refractivity contribution < 1.29 is 4.74 Å². The van der Waals surface area contributed by atoms with E-state index in [0.29, 0.717) is 12.7 Å². The predicted molar refractivity (Wildman–Crippen MR) is 74.3 cm³/mol. The minimum absolute atomic E-state index is 0.419. The highest BCUT2D eigenvalue weighted by Gasteiger charge is 2.24. The average Bonchev–Trinajstić information content (AvgIpc) is 2.36. The molecule has 1 rings (SSSR count). The van der Waals surface area contributed by atoms with Crippen molar-refractivity contribution in [1.82, 2.24) is 5.32 Å². The molecule has 0 spiro atoms. The van der Waals surface area contributed by atoms with E-state index < -0.39 is 5.54 Å². The fourth-order valence-electron chi connectivity index (χ4n) is 2.54. The summed E-state index contributed by atoms with van der Waals surface area (Å²) in [6.45, 7) is 7.97. The number of ether oxygens (including phenoxy) is 1. The quantitative estimate of drug-likeness (QED) is 0.756. The summed E-state index contributed by atoms with van der Waals surface area (Å²) in [5.74, 6) is 0.796. The van der Waals surface area contributed by atoms with Crippen molar-refractivity contribution in [1.29, 1.82) is 5.26 Å². The van der Waals surface area contributed by atoms with Gasteiger partial charge in [-0.25, -0.2) is 0 Å². The second kappa shape index (κ2) is 7.76. The summed E-state index contributed by atoms with van der Waals surface area (Å²) < 4.78 is 5.94. The van der Waals surface area contributed by atoms with Gasteiger partial charge in [-0.2, -0.15) is 5.26 Å². The summed E-state index contributed by atoms with van der Waals surface area (Å²) in [6, 6.07) is 2.37. The molecule has 18 heavy (non-hydrogen) atoms. The molecule has 0 amide bonds. The van der Waals surface area contributed by atoms with E-state index in [0.717, 1.165) is 25.3 Å². The molecule has 1 saturated carbocycles. The number of rotatable bonds is 7. The lowest BCUT2D eigenvalue weighted by atomic mass is 9.88. The molecule has 3 atom stereocenters. The van der Waals surface area contributed by atoms with Gasteiger partial charge in [0.05, 0.1) is 12.2 Å². The van der Waals surface area contributed by atoms with Gasteiger partial charge in [-0.3, -0.25) is 5.32 Å². The van der Waals surface area contributed by atoms with Gasteiger partial charge in [0, 0.05) is 13.0 Å². The molecule has 0 radical (unpaired) electrons. The first kappa shape index (κ1) is 15.5. The van der Waals surface area contributed by atoms with Gasteiger partial charge in [0.15, 0.2) is 0 Å². The number of hydrogen-bond acceptors (Lipinski definition) is 3. The molecule has 3 unspecified atom stereocenters. The minimum Gasteiger partial charge on any atom is -0.378 e. The molecule has 0 aliphatic heterocycles. The Labute approximate surface area is 112 Å². The predicted octanol–water partition coefficient (Wildman–Crippen LogP) is 3.25. The maximum absolute atomic E-state index is 9.22. The van der Waals surface area contributed by atoms with Crippen LogP contribution in [0.4, 0.5) is 0 Å². The Morgan fingerprint density at radius 3 is 2.83 bits per heavy atom. The Bertz CT molecular complexity index is 274. The highest BCUT2D eigenvalue weighted by molar-refractivity contribution is 5.03. The van der Waals surface area contributed by atoms with Crippen molar-refractivity contribution in [2.24, 2.45) is 5.92 Å². The van der Waals surface area contributed by atoms with E-state index in [-0.39, 0.29) is 0 Å². The van der Waals surface area contributed by atoms with E-state index >= 15 is 0 Å². The maximum Gasteiger partial charge on any atom is 0.106 e. The lowest BCUT2D eigenvalue weighted by Crippen LogP contribution is -2.42. The SMILES string of the molecule is CCCNC(C)(C#N)CCOC1CCCC(C)C1. The topological polar surface area (TPSA) is 45.0 Å². The van der Waals surface area contributed by atoms with Crippen LogP contribution in [0.5, 0.6) is 0 Å². The van der Waals surface area contributed by atoms with Gasteiger partial charge >= 0.3 is 0 Å². The highest BCUT2D eigenvalue weighted by atomic mass is 16.5. The summed E-state index contributed by atoms with van der Waals surface area (Å²) in [5, 5.41) is 12.5. The third-order valence-corrected chi connectivity index (χ3v) is 3.86. The molecule has 0 aromatic heterocycles. The second-order valence-electron chi connectivity index (χ2n) is 5.89. The zero-order valence-corrected chi connectivity index (χ0v) is 12.2. The van der Waals surface area contributed by atoms with E-state index in [1.807, 2.05) is 6.92 Å². The normalized spacial score (nSPS) is 27.4. The van der Waals surface area contributed by atoms with Crippen LogP contribution < -0.4 is 5.32 Å². The number of nitrogens with zero attached hydrogens (tertiary/aromatic N) is 1. The van der Waals surface area contributed by atoms with E-state index in [4.69, 9.17) is 4.74 Å². The molecule has 3 nitrogen and oxygen atoms in total. The van der Waals surface area contributed by atoms with Crippen molar-refractivity contribution in [2.75, 3.05) is 13.2 Å². The van der Waals surface area contributed by atoms with Gasteiger partial charge < -0.3 is 4.74 Å². The molecule has 0 heterocycles. The standard InChI is InChI=1S/C15H28N2O/c1-4-9-17-15(3,12-16)8-10-18-14-7-5-6-13(2)11-14/h13-14,17H,4-11H2,1-3H3. The molecule has 3 heteroatoms. The second-order valence-corrected chi connectivity index (χ2v) is 5.89. The van der Waals surface area contributed by atoms with E-state index in [2.05, 4.69) is 25.2 Å². The monoisotopic (exact) mass is 252 g/mol. The average molecular weight is 252 g/mol. The van der Waals surface area contributed by atoms with Gasteiger partial charge in [-0.15, -0.1) is 0 Å². The molecule has 0 aromatic carbocycles. The first-order chi connectivity index (χ1) is 8.59. The lowest BCUT2D eigenvalue weighted by molar-refractivity contribution is 0.00892. The van der Waals surface area contributed by atoms with Gasteiger partial charge in [-0.05, 0) is 38.6 Å². The molecular weight excluding hydrogens is 224 g/mol. The van der Waals surface area contributed by atoms with Crippen LogP contribution in [0.2, 0.25) is 0 Å². The summed E-state index contributed by atoms with van der Waals surface area (Å²) in [6.07, 6.45) is 7.25. The number of nitriles is 1. The molecule has 0 bridgehead atoms. The van der Waals surface area contributed by atoms with Crippen LogP contribution >= 0.6 is 0 Å². The Morgan fingerprint density at radius 2 is 2.22 bits per heavy atom. The lowest BCUT2D eigenvalue weighted by Gasteiger charge is -2.29. The van der Waals surface area contributed by atoms with Crippen molar-refractivity contribution in [2.45, 2.75) is 70.9 Å². The Hall–Kier alpha value is -0.590. The molecule has 0 aromatic rings. The first-order valence-electron chi connectivity index (χ1n) is 7.37. The van der Waals surface area contributed by atoms with Gasteiger partial charge in [-0.1, -0.05) is 26.7 Å². The molecule has 1 aliphatic carbocycles. The molecular formula is C15H28N2O. The number of nitrogens with one attached hydrogen (secondary N) is 1. The van der Waals surface area contributed by atoms with Crippen LogP contribution in [0, 0.1) is 17.2 Å². The molecule has 1 fully saturated rings. The Balaban J connectivity index is 2.24. The Morgan fingerprint density at radius 1 is 1.44 bits per heavy atom. The highest BCUT2D eigenvalue weighted by Crippen LogP contribution is 2.26. The van der Waals surface area contributed by atoms with Crippen LogP contribution in [0.25, 0.3) is 0 Å². The van der Waals surface area contributed by atoms with Crippen molar-refractivity contribution in [3.05, 3.63) is 0 Å². The Kier molecular flexibility index (Phi) is 6.67. The van der Waals surface area contributed by atoms with Crippen LogP contribution in [0.15, 0.2) is 0 Å². The third kappa shape index (κ3) is 5.37. The van der Waals surface area contributed by atoms with E-state index in [1.54, 1.807) is 0 Å². The summed E-state index contributed by atoms with van der Waals surface area (Å²) >= 11 is 0. The summed E-state index contributed by atoms with van der Waals surface area (Å²) in [4.78, 5) is 0. The van der Waals surface area contributed by atoms with Crippen molar-refractivity contribution in [3.63, 3.8) is 0 Å². The van der Waals surface area contributed by atoms with E-state index in [9.17, 15) is 5.26 Å². The third-order valence-electron chi connectivity index (χ3n) is 3.86. The van der Waals surface area contributed by atoms with Gasteiger partial charge in [0.2, 0.25) is 0 Å². The van der Waals surface area contributed by atoms with E-state index in [1.165, 1.54) is 25.7 Å². The maximum atomic E-state index is 9.22. The zero-order chi connectivity index (χ0) is 13.4. The van der Waals surface area contributed by atoms with Crippen LogP contribution in [0.3, 0.4) is 0 Å². The van der Waals surface area contributed by atoms with Crippen molar-refractivity contribution in [3.8, 4) is 6.07 Å². The molecule has 104 valence electrons. The molecule has 0 saturated heterocycles. The fourth-order valence-corrected chi connectivity index (χ4v) is 2.54. The van der Waals surface area contributed by atoms with Gasteiger partial charge in [0.25, 0.3) is 0 Å². The number of hydrogen-bond donors (Lipinski definition) is 1. The summed E-state index contributed by atoms with van der Waals surface area (Å²) in [7, 11) is 0. The fraction of sp³-hybridized carbons (Fsp3) is 0.933. The molecule has 1 N–H and O–H groups in total. The zero-order valence-electron chi connectivity index (χ0n) is 12.2.